The van der Waals surface area contributed by atoms with Crippen molar-refractivity contribution < 1.29 is 9.53 Å². The summed E-state index contributed by atoms with van der Waals surface area (Å²) in [6.07, 6.45) is 2.87. The monoisotopic (exact) mass is 441 g/mol. The molecule has 1 saturated heterocycles. The zero-order chi connectivity index (χ0) is 22.6. The van der Waals surface area contributed by atoms with Gasteiger partial charge in [0.1, 0.15) is 11.4 Å². The molecule has 1 aliphatic heterocycles. The normalized spacial score (nSPS) is 16.2. The number of rotatable bonds is 7. The molecule has 2 N–H and O–H groups in total. The molecule has 2 aromatic heterocycles. The number of carbonyl (C=O) groups excluding carboxylic acids is 1. The van der Waals surface area contributed by atoms with Crippen molar-refractivity contribution in [3.8, 4) is 5.75 Å². The number of para-hydroxylation sites is 1. The third-order valence-corrected chi connectivity index (χ3v) is 6.25. The molecule has 1 atom stereocenters. The number of hydrogen-bond acceptors (Lipinski definition) is 5. The lowest BCUT2D eigenvalue weighted by atomic mass is 10.0. The summed E-state index contributed by atoms with van der Waals surface area (Å²) in [6.45, 7) is 3.25. The summed E-state index contributed by atoms with van der Waals surface area (Å²) in [5, 5.41) is 11.5. The Balaban J connectivity index is 1.18. The van der Waals surface area contributed by atoms with Crippen LogP contribution in [-0.2, 0) is 13.1 Å². The molecule has 0 unspecified atom stereocenters. The molecule has 5 rings (SSSR count). The van der Waals surface area contributed by atoms with Crippen LogP contribution < -0.4 is 10.1 Å². The number of methoxy groups -OCH3 is 1. The largest absolute Gasteiger partial charge is 0.496 e. The minimum Gasteiger partial charge on any atom is -0.496 e. The molecule has 1 aliphatic rings. The van der Waals surface area contributed by atoms with Crippen LogP contribution in [0.5, 0.6) is 5.75 Å². The zero-order valence-corrected chi connectivity index (χ0v) is 18.6. The number of hydrogen-bond donors (Lipinski definition) is 2. The fraction of sp³-hybridized carbons (Fsp3) is 0.269. The lowest BCUT2D eigenvalue weighted by molar-refractivity contribution is 0.0945. The van der Waals surface area contributed by atoms with Gasteiger partial charge < -0.3 is 10.1 Å². The van der Waals surface area contributed by atoms with Gasteiger partial charge in [-0.05, 0) is 48.9 Å². The summed E-state index contributed by atoms with van der Waals surface area (Å²) < 4.78 is 5.35. The van der Waals surface area contributed by atoms with Gasteiger partial charge in [-0.3, -0.25) is 19.8 Å². The Labute approximate surface area is 192 Å². The van der Waals surface area contributed by atoms with Crippen molar-refractivity contribution in [2.45, 2.75) is 25.4 Å². The molecular weight excluding hydrogens is 414 g/mol. The molecule has 7 nitrogen and oxygen atoms in total. The van der Waals surface area contributed by atoms with E-state index in [0.717, 1.165) is 48.6 Å². The summed E-state index contributed by atoms with van der Waals surface area (Å²) in [5.41, 5.74) is 4.68. The molecule has 4 aromatic rings. The van der Waals surface area contributed by atoms with Gasteiger partial charge in [-0.1, -0.05) is 30.3 Å². The molecule has 0 radical (unpaired) electrons. The van der Waals surface area contributed by atoms with E-state index in [2.05, 4.69) is 49.7 Å². The fourth-order valence-corrected chi connectivity index (χ4v) is 4.49. The van der Waals surface area contributed by atoms with Gasteiger partial charge in [0, 0.05) is 48.4 Å². The first kappa shape index (κ1) is 21.2. The quantitative estimate of drug-likeness (QED) is 0.455. The average molecular weight is 442 g/mol. The number of H-pyrrole nitrogens is 1. The van der Waals surface area contributed by atoms with Crippen LogP contribution in [0.4, 0.5) is 0 Å². The number of amides is 1. The average Bonchev–Trinajstić information content (AvgIpc) is 3.52. The van der Waals surface area contributed by atoms with Crippen molar-refractivity contribution in [3.05, 3.63) is 89.4 Å². The van der Waals surface area contributed by atoms with E-state index >= 15 is 0 Å². The molecule has 7 heteroatoms. The topological polar surface area (TPSA) is 83.1 Å². The number of carbonyl (C=O) groups is 1. The smallest absolute Gasteiger partial charge is 0.272 e. The van der Waals surface area contributed by atoms with Gasteiger partial charge in [0.05, 0.1) is 12.6 Å². The van der Waals surface area contributed by atoms with E-state index in [9.17, 15) is 4.79 Å². The third-order valence-electron chi connectivity index (χ3n) is 6.25. The van der Waals surface area contributed by atoms with Crippen molar-refractivity contribution in [1.82, 2.24) is 25.4 Å². The second-order valence-electron chi connectivity index (χ2n) is 8.45. The number of aromatic nitrogens is 3. The third kappa shape index (κ3) is 4.73. The van der Waals surface area contributed by atoms with Crippen LogP contribution >= 0.6 is 0 Å². The van der Waals surface area contributed by atoms with E-state index in [0.29, 0.717) is 18.2 Å². The number of nitrogens with zero attached hydrogens (tertiary/aromatic N) is 3. The number of pyridine rings is 1. The zero-order valence-electron chi connectivity index (χ0n) is 18.6. The van der Waals surface area contributed by atoms with Gasteiger partial charge in [-0.25, -0.2) is 0 Å². The molecule has 0 spiro atoms. The van der Waals surface area contributed by atoms with Crippen molar-refractivity contribution in [2.75, 3.05) is 20.2 Å². The van der Waals surface area contributed by atoms with Gasteiger partial charge >= 0.3 is 0 Å². The first-order valence-corrected chi connectivity index (χ1v) is 11.2. The van der Waals surface area contributed by atoms with Gasteiger partial charge in [0.2, 0.25) is 0 Å². The van der Waals surface area contributed by atoms with Crippen molar-refractivity contribution in [3.63, 3.8) is 0 Å². The van der Waals surface area contributed by atoms with Crippen LogP contribution in [0.2, 0.25) is 0 Å². The van der Waals surface area contributed by atoms with Crippen LogP contribution in [0.15, 0.2) is 66.9 Å². The highest BCUT2D eigenvalue weighted by Crippen LogP contribution is 2.28. The van der Waals surface area contributed by atoms with E-state index in [-0.39, 0.29) is 5.91 Å². The van der Waals surface area contributed by atoms with E-state index in [1.165, 1.54) is 10.9 Å². The molecule has 1 fully saturated rings. The number of fused-ring (bicyclic) bond motifs is 1. The number of benzene rings is 2. The predicted molar refractivity (Wildman–Crippen MR) is 127 cm³/mol. The Morgan fingerprint density at radius 2 is 2.09 bits per heavy atom. The van der Waals surface area contributed by atoms with E-state index in [1.54, 1.807) is 7.11 Å². The standard InChI is InChI=1S/C26H27N5O2/c1-33-25-7-3-2-5-20(25)15-28-26(32)24-14-23(29-30-24)21-10-12-31(17-21)16-18-8-9-22-19(13-18)6-4-11-27-22/h2-9,11,13-14,21H,10,12,15-17H2,1H3,(H,28,32)(H,29,30)/t21-/m0/s1. The van der Waals surface area contributed by atoms with Crippen molar-refractivity contribution >= 4 is 16.8 Å². The van der Waals surface area contributed by atoms with Gasteiger partial charge in [0.25, 0.3) is 5.91 Å². The maximum Gasteiger partial charge on any atom is 0.272 e. The molecule has 3 heterocycles. The lowest BCUT2D eigenvalue weighted by Gasteiger charge is -2.16. The second-order valence-corrected chi connectivity index (χ2v) is 8.45. The molecule has 0 bridgehead atoms. The summed E-state index contributed by atoms with van der Waals surface area (Å²) >= 11 is 0. The SMILES string of the molecule is COc1ccccc1CNC(=O)c1cc([C@H]2CCN(Cc3ccc4ncccc4c3)C2)[nH]n1. The first-order valence-electron chi connectivity index (χ1n) is 11.2. The summed E-state index contributed by atoms with van der Waals surface area (Å²) in [4.78, 5) is 19.5. The first-order chi connectivity index (χ1) is 16.2. The Morgan fingerprint density at radius 3 is 3.00 bits per heavy atom. The Bertz CT molecular complexity index is 1270. The van der Waals surface area contributed by atoms with Gasteiger partial charge in [0.15, 0.2) is 0 Å². The minimum absolute atomic E-state index is 0.192. The number of likely N-dealkylation sites (tertiary alicyclic amines) is 1. The molecule has 2 aromatic carbocycles. The van der Waals surface area contributed by atoms with Crippen LogP contribution in [0.1, 0.15) is 39.6 Å². The van der Waals surface area contributed by atoms with Crippen molar-refractivity contribution in [2.24, 2.45) is 0 Å². The lowest BCUT2D eigenvalue weighted by Crippen LogP contribution is -2.23. The highest BCUT2D eigenvalue weighted by Gasteiger charge is 2.26. The number of aromatic amines is 1. The predicted octanol–water partition coefficient (Wildman–Crippen LogP) is 3.89. The molecule has 1 amide bonds. The van der Waals surface area contributed by atoms with Crippen LogP contribution in [0.3, 0.4) is 0 Å². The molecule has 33 heavy (non-hydrogen) atoms. The van der Waals surface area contributed by atoms with Crippen LogP contribution in [-0.4, -0.2) is 46.2 Å². The summed E-state index contributed by atoms with van der Waals surface area (Å²) in [6, 6.07) is 20.1. The maximum atomic E-state index is 12.6. The van der Waals surface area contributed by atoms with Crippen LogP contribution in [0.25, 0.3) is 10.9 Å². The van der Waals surface area contributed by atoms with E-state index in [1.807, 2.05) is 42.6 Å². The number of ether oxygens (including phenoxy) is 1. The van der Waals surface area contributed by atoms with Crippen molar-refractivity contribution in [1.29, 1.82) is 0 Å². The second kappa shape index (κ2) is 9.42. The Morgan fingerprint density at radius 1 is 1.18 bits per heavy atom. The molecule has 0 saturated carbocycles. The Kier molecular flexibility index (Phi) is 6.04. The molecule has 168 valence electrons. The van der Waals surface area contributed by atoms with E-state index < -0.39 is 0 Å². The highest BCUT2D eigenvalue weighted by atomic mass is 16.5. The van der Waals surface area contributed by atoms with E-state index in [4.69, 9.17) is 4.74 Å². The summed E-state index contributed by atoms with van der Waals surface area (Å²) in [5.74, 6) is 0.910. The Hall–Kier alpha value is -3.71. The van der Waals surface area contributed by atoms with Gasteiger partial charge in [-0.2, -0.15) is 5.10 Å². The highest BCUT2D eigenvalue weighted by molar-refractivity contribution is 5.92. The fourth-order valence-electron chi connectivity index (χ4n) is 4.49. The summed E-state index contributed by atoms with van der Waals surface area (Å²) in [7, 11) is 1.63. The molecular formula is C26H27N5O2. The minimum atomic E-state index is -0.192. The number of nitrogens with one attached hydrogen (secondary N) is 2. The van der Waals surface area contributed by atoms with Gasteiger partial charge in [-0.15, -0.1) is 0 Å². The molecule has 0 aliphatic carbocycles. The van der Waals surface area contributed by atoms with Crippen LogP contribution in [0, 0.1) is 0 Å². The maximum absolute atomic E-state index is 12.6.